The van der Waals surface area contributed by atoms with E-state index in [2.05, 4.69) is 15.6 Å². The largest absolute Gasteiger partial charge is 0.489 e. The van der Waals surface area contributed by atoms with Crippen molar-refractivity contribution >= 4 is 40.0 Å². The Morgan fingerprint density at radius 2 is 1.93 bits per heavy atom. The molecule has 1 heterocycles. The standard InChI is InChI=1S/C19H32N4O3S.HI/c1-15-7-5-6-8-18(15)26-16(2)13-21-19(20-3)22-14-17-9-11-23(12-10-17)27(4,24)25;/h5-8,16-17H,9-14H2,1-4H3,(H2,20,21,22);1H. The third-order valence-corrected chi connectivity index (χ3v) is 6.11. The molecule has 1 saturated heterocycles. The first-order valence-electron chi connectivity index (χ1n) is 9.41. The summed E-state index contributed by atoms with van der Waals surface area (Å²) in [6, 6.07) is 7.97. The maximum Gasteiger partial charge on any atom is 0.211 e. The number of guanidine groups is 1. The molecule has 2 N–H and O–H groups in total. The molecule has 7 nitrogen and oxygen atoms in total. The second kappa shape index (κ2) is 11.8. The number of aryl methyl sites for hydroxylation is 1. The lowest BCUT2D eigenvalue weighted by Crippen LogP contribution is -2.45. The van der Waals surface area contributed by atoms with Gasteiger partial charge in [-0.15, -0.1) is 24.0 Å². The molecule has 9 heteroatoms. The Morgan fingerprint density at radius 3 is 2.50 bits per heavy atom. The van der Waals surface area contributed by atoms with Gasteiger partial charge in [-0.1, -0.05) is 18.2 Å². The van der Waals surface area contributed by atoms with Gasteiger partial charge in [0, 0.05) is 26.7 Å². The van der Waals surface area contributed by atoms with E-state index in [0.717, 1.165) is 36.7 Å². The molecule has 1 atom stereocenters. The van der Waals surface area contributed by atoms with E-state index in [0.29, 0.717) is 25.6 Å². The van der Waals surface area contributed by atoms with Crippen LogP contribution >= 0.6 is 24.0 Å². The molecule has 1 aromatic carbocycles. The number of hydrogen-bond donors (Lipinski definition) is 2. The molecule has 0 amide bonds. The minimum absolute atomic E-state index is 0. The molecule has 1 aliphatic rings. The Balaban J connectivity index is 0.00000392. The quantitative estimate of drug-likeness (QED) is 0.325. The van der Waals surface area contributed by atoms with Crippen molar-refractivity contribution in [2.24, 2.45) is 10.9 Å². The lowest BCUT2D eigenvalue weighted by molar-refractivity contribution is 0.222. The summed E-state index contributed by atoms with van der Waals surface area (Å²) in [5.74, 6) is 2.08. The van der Waals surface area contributed by atoms with Gasteiger partial charge in [-0.3, -0.25) is 4.99 Å². The molecule has 0 aliphatic carbocycles. The Kier molecular flexibility index (Phi) is 10.5. The van der Waals surface area contributed by atoms with Crippen LogP contribution in [0.25, 0.3) is 0 Å². The Bertz CT molecular complexity index is 734. The van der Waals surface area contributed by atoms with Crippen molar-refractivity contribution in [2.75, 3.05) is 39.5 Å². The average molecular weight is 524 g/mol. The maximum absolute atomic E-state index is 11.6. The number of ether oxygens (including phenoxy) is 1. The third-order valence-electron chi connectivity index (χ3n) is 4.80. The predicted molar refractivity (Wildman–Crippen MR) is 125 cm³/mol. The molecule has 1 fully saturated rings. The number of nitrogens with one attached hydrogen (secondary N) is 2. The van der Waals surface area contributed by atoms with Crippen LogP contribution in [0.4, 0.5) is 0 Å². The van der Waals surface area contributed by atoms with Gasteiger partial charge in [0.15, 0.2) is 5.96 Å². The lowest BCUT2D eigenvalue weighted by Gasteiger charge is -2.30. The van der Waals surface area contributed by atoms with E-state index in [1.54, 1.807) is 11.4 Å². The van der Waals surface area contributed by atoms with Crippen molar-refractivity contribution in [2.45, 2.75) is 32.8 Å². The number of para-hydroxylation sites is 1. The summed E-state index contributed by atoms with van der Waals surface area (Å²) in [6.45, 7) is 6.67. The van der Waals surface area contributed by atoms with Crippen LogP contribution in [0.3, 0.4) is 0 Å². The van der Waals surface area contributed by atoms with Gasteiger partial charge >= 0.3 is 0 Å². The molecule has 2 rings (SSSR count). The topological polar surface area (TPSA) is 83.0 Å². The van der Waals surface area contributed by atoms with Crippen LogP contribution in [0.15, 0.2) is 29.3 Å². The minimum atomic E-state index is -3.07. The Labute approximate surface area is 186 Å². The van der Waals surface area contributed by atoms with Crippen LogP contribution in [0.5, 0.6) is 5.75 Å². The van der Waals surface area contributed by atoms with Crippen molar-refractivity contribution in [3.05, 3.63) is 29.8 Å². The first-order valence-corrected chi connectivity index (χ1v) is 11.3. The van der Waals surface area contributed by atoms with E-state index in [4.69, 9.17) is 4.74 Å². The Hall–Kier alpha value is -1.07. The molecule has 1 aromatic rings. The van der Waals surface area contributed by atoms with E-state index in [-0.39, 0.29) is 30.1 Å². The van der Waals surface area contributed by atoms with Crippen molar-refractivity contribution in [1.29, 1.82) is 0 Å². The van der Waals surface area contributed by atoms with Gasteiger partial charge in [-0.2, -0.15) is 0 Å². The summed E-state index contributed by atoms with van der Waals surface area (Å²) in [4.78, 5) is 4.26. The zero-order valence-electron chi connectivity index (χ0n) is 17.1. The molecule has 160 valence electrons. The van der Waals surface area contributed by atoms with Gasteiger partial charge in [-0.25, -0.2) is 12.7 Å². The number of nitrogens with zero attached hydrogens (tertiary/aromatic N) is 2. The molecular weight excluding hydrogens is 491 g/mol. The van der Waals surface area contributed by atoms with E-state index in [1.165, 1.54) is 6.26 Å². The van der Waals surface area contributed by atoms with Gasteiger partial charge in [0.25, 0.3) is 0 Å². The van der Waals surface area contributed by atoms with Crippen molar-refractivity contribution in [1.82, 2.24) is 14.9 Å². The molecule has 0 bridgehead atoms. The van der Waals surface area contributed by atoms with E-state index >= 15 is 0 Å². The van der Waals surface area contributed by atoms with Crippen molar-refractivity contribution < 1.29 is 13.2 Å². The van der Waals surface area contributed by atoms with Crippen LogP contribution < -0.4 is 15.4 Å². The highest BCUT2D eigenvalue weighted by molar-refractivity contribution is 14.0. The van der Waals surface area contributed by atoms with Gasteiger partial charge in [0.2, 0.25) is 10.0 Å². The molecule has 0 radical (unpaired) electrons. The summed E-state index contributed by atoms with van der Waals surface area (Å²) in [5.41, 5.74) is 1.12. The van der Waals surface area contributed by atoms with Gasteiger partial charge in [0.1, 0.15) is 11.9 Å². The van der Waals surface area contributed by atoms with Crippen LogP contribution in [0.2, 0.25) is 0 Å². The van der Waals surface area contributed by atoms with E-state index in [9.17, 15) is 8.42 Å². The molecule has 28 heavy (non-hydrogen) atoms. The highest BCUT2D eigenvalue weighted by atomic mass is 127. The fraction of sp³-hybridized carbons (Fsp3) is 0.632. The average Bonchev–Trinajstić information content (AvgIpc) is 2.63. The minimum Gasteiger partial charge on any atom is -0.489 e. The number of sulfonamides is 1. The van der Waals surface area contributed by atoms with Crippen LogP contribution in [0.1, 0.15) is 25.3 Å². The SMILES string of the molecule is CN=C(NCC1CCN(S(C)(=O)=O)CC1)NCC(C)Oc1ccccc1C.I. The summed E-state index contributed by atoms with van der Waals surface area (Å²) < 4.78 is 30.7. The second-order valence-electron chi connectivity index (χ2n) is 7.13. The number of hydrogen-bond acceptors (Lipinski definition) is 4. The van der Waals surface area contributed by atoms with Crippen LogP contribution in [0, 0.1) is 12.8 Å². The fourth-order valence-corrected chi connectivity index (χ4v) is 3.97. The summed E-state index contributed by atoms with van der Waals surface area (Å²) in [6.07, 6.45) is 3.01. The van der Waals surface area contributed by atoms with Gasteiger partial charge in [-0.05, 0) is 44.2 Å². The first-order chi connectivity index (χ1) is 12.8. The molecule has 0 saturated carbocycles. The van der Waals surface area contributed by atoms with E-state index in [1.807, 2.05) is 38.1 Å². The predicted octanol–water partition coefficient (Wildman–Crippen LogP) is 2.22. The normalized spacial score (nSPS) is 17.5. The molecular formula is C19H33IN4O3S. The number of rotatable bonds is 7. The molecule has 1 aliphatic heterocycles. The lowest BCUT2D eigenvalue weighted by atomic mass is 9.98. The summed E-state index contributed by atoms with van der Waals surface area (Å²) in [5, 5.41) is 6.63. The maximum atomic E-state index is 11.6. The van der Waals surface area contributed by atoms with Gasteiger partial charge < -0.3 is 15.4 Å². The zero-order chi connectivity index (χ0) is 19.9. The van der Waals surface area contributed by atoms with E-state index < -0.39 is 10.0 Å². The smallest absolute Gasteiger partial charge is 0.211 e. The number of piperidine rings is 1. The van der Waals surface area contributed by atoms with Gasteiger partial charge in [0.05, 0.1) is 12.8 Å². The van der Waals surface area contributed by atoms with Crippen LogP contribution in [-0.2, 0) is 10.0 Å². The summed E-state index contributed by atoms with van der Waals surface area (Å²) in [7, 11) is -1.32. The molecule has 0 spiro atoms. The highest BCUT2D eigenvalue weighted by Gasteiger charge is 2.24. The fourth-order valence-electron chi connectivity index (χ4n) is 3.09. The van der Waals surface area contributed by atoms with Crippen LogP contribution in [-0.4, -0.2) is 64.3 Å². The second-order valence-corrected chi connectivity index (χ2v) is 9.12. The third kappa shape index (κ3) is 8.12. The zero-order valence-corrected chi connectivity index (χ0v) is 20.3. The summed E-state index contributed by atoms with van der Waals surface area (Å²) >= 11 is 0. The Morgan fingerprint density at radius 1 is 1.29 bits per heavy atom. The van der Waals surface area contributed by atoms with Crippen molar-refractivity contribution in [3.8, 4) is 5.75 Å². The number of benzene rings is 1. The van der Waals surface area contributed by atoms with Crippen molar-refractivity contribution in [3.63, 3.8) is 0 Å². The number of halogens is 1. The first kappa shape index (κ1) is 25.0. The highest BCUT2D eigenvalue weighted by Crippen LogP contribution is 2.19. The monoisotopic (exact) mass is 524 g/mol. The molecule has 1 unspecified atom stereocenters. The molecule has 0 aromatic heterocycles. The number of aliphatic imine (C=N–C) groups is 1.